The quantitative estimate of drug-likeness (QED) is 0.119. The maximum atomic E-state index is 14.2. The lowest BCUT2D eigenvalue weighted by atomic mass is 9.78. The molecular formula is C40H52Cl2N4O6S. The van der Waals surface area contributed by atoms with E-state index in [2.05, 4.69) is 20.7 Å². The summed E-state index contributed by atoms with van der Waals surface area (Å²) in [4.78, 5) is 54.1. The zero-order valence-electron chi connectivity index (χ0n) is 30.1. The monoisotopic (exact) mass is 786 g/mol. The van der Waals surface area contributed by atoms with Gasteiger partial charge in [-0.3, -0.25) is 19.1 Å². The number of carbonyl (C=O) groups is 4. The Kier molecular flexibility index (Phi) is 13.9. The summed E-state index contributed by atoms with van der Waals surface area (Å²) in [6, 6.07) is 13.5. The third kappa shape index (κ3) is 11.5. The smallest absolute Gasteiger partial charge is 0.417 e. The molecule has 0 aromatic heterocycles. The first-order valence-corrected chi connectivity index (χ1v) is 20.9. The average molecular weight is 788 g/mol. The summed E-state index contributed by atoms with van der Waals surface area (Å²) in [6.07, 6.45) is 10.7. The molecular weight excluding hydrogens is 735 g/mol. The van der Waals surface area contributed by atoms with Crippen LogP contribution in [0.1, 0.15) is 114 Å². The zero-order valence-corrected chi connectivity index (χ0v) is 32.5. The summed E-state index contributed by atoms with van der Waals surface area (Å²) in [5, 5.41) is 20.8. The van der Waals surface area contributed by atoms with Gasteiger partial charge >= 0.3 is 6.09 Å². The first-order valence-electron chi connectivity index (χ1n) is 19.3. The second kappa shape index (κ2) is 18.6. The van der Waals surface area contributed by atoms with Crippen molar-refractivity contribution in [2.24, 2.45) is 11.8 Å². The molecule has 13 heteroatoms. The molecule has 1 aliphatic heterocycles. The van der Waals surface area contributed by atoms with Crippen LogP contribution in [-0.2, 0) is 25.5 Å². The molecule has 3 saturated carbocycles. The Balaban J connectivity index is 1.15. The topological polar surface area (TPSA) is 146 Å². The van der Waals surface area contributed by atoms with Crippen molar-refractivity contribution in [1.82, 2.24) is 20.7 Å². The van der Waals surface area contributed by atoms with Crippen molar-refractivity contribution < 1.29 is 29.0 Å². The molecule has 4 amide bonds. The minimum atomic E-state index is -1.53. The van der Waals surface area contributed by atoms with Crippen LogP contribution in [0.2, 0.25) is 10.0 Å². The fourth-order valence-electron chi connectivity index (χ4n) is 8.29. The molecule has 3 aliphatic carbocycles. The Bertz CT molecular complexity index is 1600. The molecule has 0 radical (unpaired) electrons. The van der Waals surface area contributed by atoms with E-state index in [0.29, 0.717) is 34.9 Å². The molecule has 10 nitrogen and oxygen atoms in total. The van der Waals surface area contributed by atoms with E-state index in [1.807, 2.05) is 24.3 Å². The number of aliphatic hydroxyl groups excluding tert-OH is 1. The molecule has 2 aromatic rings. The number of benzene rings is 2. The number of ether oxygens (including phenoxy) is 1. The van der Waals surface area contributed by atoms with E-state index in [1.54, 1.807) is 24.3 Å². The van der Waals surface area contributed by atoms with Gasteiger partial charge in [-0.1, -0.05) is 98.8 Å². The molecule has 0 bridgehead atoms. The third-order valence-corrected chi connectivity index (χ3v) is 12.7. The summed E-state index contributed by atoms with van der Waals surface area (Å²) in [5.74, 6) is -1.21. The van der Waals surface area contributed by atoms with Crippen LogP contribution in [0.3, 0.4) is 0 Å². The lowest BCUT2D eigenvalue weighted by Crippen LogP contribution is -2.54. The number of aliphatic hydroxyl groups is 1. The van der Waals surface area contributed by atoms with E-state index in [0.717, 1.165) is 94.6 Å². The summed E-state index contributed by atoms with van der Waals surface area (Å²) in [5.41, 5.74) is 1.33. The second-order valence-electron chi connectivity index (χ2n) is 15.5. The van der Waals surface area contributed by atoms with Crippen molar-refractivity contribution in [2.75, 3.05) is 0 Å². The predicted octanol–water partition coefficient (Wildman–Crippen LogP) is 7.34. The van der Waals surface area contributed by atoms with Gasteiger partial charge in [-0.05, 0) is 98.2 Å². The van der Waals surface area contributed by atoms with Crippen molar-refractivity contribution in [3.8, 4) is 0 Å². The van der Waals surface area contributed by atoms with Crippen LogP contribution >= 0.6 is 35.1 Å². The first kappa shape index (κ1) is 39.7. The molecule has 5 N–H and O–H groups in total. The van der Waals surface area contributed by atoms with E-state index < -0.39 is 47.3 Å². The summed E-state index contributed by atoms with van der Waals surface area (Å²) in [7, 11) is 0. The van der Waals surface area contributed by atoms with Gasteiger partial charge in [-0.15, -0.1) is 0 Å². The molecule has 2 aromatic carbocycles. The number of hydrogen-bond acceptors (Lipinski definition) is 7. The Labute approximate surface area is 326 Å². The van der Waals surface area contributed by atoms with Crippen molar-refractivity contribution in [3.05, 3.63) is 69.7 Å². The van der Waals surface area contributed by atoms with Gasteiger partial charge in [0.1, 0.15) is 11.4 Å². The van der Waals surface area contributed by atoms with Gasteiger partial charge in [0.05, 0.1) is 6.04 Å². The lowest BCUT2D eigenvalue weighted by molar-refractivity contribution is -0.134. The second-order valence-corrected chi connectivity index (χ2v) is 17.4. The Hall–Kier alpha value is -2.99. The van der Waals surface area contributed by atoms with Crippen molar-refractivity contribution in [3.63, 3.8) is 0 Å². The van der Waals surface area contributed by atoms with Crippen LogP contribution in [0.5, 0.6) is 0 Å². The predicted molar refractivity (Wildman–Crippen MR) is 207 cm³/mol. The van der Waals surface area contributed by atoms with Gasteiger partial charge in [-0.25, -0.2) is 4.79 Å². The highest BCUT2D eigenvalue weighted by atomic mass is 35.5. The SMILES string of the molecule is O=C(NS[C@@H](CC1CCCCC1)C(=O)NC(CC1CC2(CCCCC2)NC1=O)C(O)C(=O)NC1CC1)OC(Cc1cccc(Cl)c1)c1cccc(Cl)c1. The van der Waals surface area contributed by atoms with Crippen LogP contribution in [0, 0.1) is 11.8 Å². The molecule has 1 saturated heterocycles. The van der Waals surface area contributed by atoms with Crippen LogP contribution in [0.25, 0.3) is 0 Å². The number of carbonyl (C=O) groups excluding carboxylic acids is 4. The summed E-state index contributed by atoms with van der Waals surface area (Å²) < 4.78 is 8.74. The van der Waals surface area contributed by atoms with Gasteiger partial charge < -0.3 is 25.8 Å². The van der Waals surface area contributed by atoms with Gasteiger partial charge in [0, 0.05) is 34.0 Å². The fourth-order valence-corrected chi connectivity index (χ4v) is 9.53. The number of halogens is 2. The molecule has 4 fully saturated rings. The number of amides is 4. The van der Waals surface area contributed by atoms with Crippen molar-refractivity contribution >= 4 is 59.0 Å². The number of rotatable bonds is 15. The normalized spacial score (nSPS) is 22.2. The van der Waals surface area contributed by atoms with Crippen LogP contribution < -0.4 is 20.7 Å². The summed E-state index contributed by atoms with van der Waals surface area (Å²) in [6.45, 7) is 0. The molecule has 5 atom stereocenters. The van der Waals surface area contributed by atoms with Crippen molar-refractivity contribution in [1.29, 1.82) is 0 Å². The van der Waals surface area contributed by atoms with Crippen LogP contribution in [-0.4, -0.2) is 57.9 Å². The third-order valence-electron chi connectivity index (χ3n) is 11.3. The highest BCUT2D eigenvalue weighted by Crippen LogP contribution is 2.40. The van der Waals surface area contributed by atoms with Crippen molar-refractivity contribution in [2.45, 2.75) is 138 Å². The van der Waals surface area contributed by atoms with E-state index in [1.165, 1.54) is 0 Å². The van der Waals surface area contributed by atoms with E-state index in [-0.39, 0.29) is 29.8 Å². The molecule has 1 spiro atoms. The molecule has 53 heavy (non-hydrogen) atoms. The molecule has 6 rings (SSSR count). The molecule has 1 heterocycles. The maximum absolute atomic E-state index is 14.2. The zero-order chi connectivity index (χ0) is 37.4. The van der Waals surface area contributed by atoms with Gasteiger partial charge in [-0.2, -0.15) is 0 Å². The molecule has 288 valence electrons. The molecule has 4 aliphatic rings. The first-order chi connectivity index (χ1) is 25.6. The van der Waals surface area contributed by atoms with Crippen LogP contribution in [0.15, 0.2) is 48.5 Å². The minimum Gasteiger partial charge on any atom is -0.440 e. The Morgan fingerprint density at radius 1 is 0.906 bits per heavy atom. The molecule has 4 unspecified atom stereocenters. The van der Waals surface area contributed by atoms with E-state index in [9.17, 15) is 24.3 Å². The highest BCUT2D eigenvalue weighted by Gasteiger charge is 2.46. The number of nitrogens with one attached hydrogen (secondary N) is 4. The van der Waals surface area contributed by atoms with E-state index >= 15 is 0 Å². The van der Waals surface area contributed by atoms with Gasteiger partial charge in [0.2, 0.25) is 11.8 Å². The fraction of sp³-hybridized carbons (Fsp3) is 0.600. The lowest BCUT2D eigenvalue weighted by Gasteiger charge is -2.33. The van der Waals surface area contributed by atoms with Crippen LogP contribution in [0.4, 0.5) is 4.79 Å². The van der Waals surface area contributed by atoms with Gasteiger partial charge in [0.15, 0.2) is 6.10 Å². The Morgan fingerprint density at radius 2 is 1.60 bits per heavy atom. The standard InChI is InChI=1S/C40H52Cl2N4O6S/c41-29-13-7-11-26(19-29)20-33(27-12-8-14-30(42)22-27)52-39(51)46-53-34(21-25-9-3-1-4-10-25)37(49)44-32(35(47)38(50)43-31-15-16-31)23-28-24-40(45-36(28)48)17-5-2-6-18-40/h7-8,11-14,19,22,25,28,31-35,47H,1-6,9-10,15-18,20-21,23-24H2,(H,43,50)(H,44,49)(H,45,48)(H,46,51)/t28?,32?,33?,34-,35?/m0/s1. The largest absolute Gasteiger partial charge is 0.440 e. The minimum absolute atomic E-state index is 0.0215. The Morgan fingerprint density at radius 3 is 2.30 bits per heavy atom. The summed E-state index contributed by atoms with van der Waals surface area (Å²) >= 11 is 13.5. The van der Waals surface area contributed by atoms with E-state index in [4.69, 9.17) is 27.9 Å². The van der Waals surface area contributed by atoms with Gasteiger partial charge in [0.25, 0.3) is 5.91 Å². The number of hydrogen-bond donors (Lipinski definition) is 5. The maximum Gasteiger partial charge on any atom is 0.417 e. The highest BCUT2D eigenvalue weighted by molar-refractivity contribution is 7.99. The average Bonchev–Trinajstić information content (AvgIpc) is 3.91.